The number of hydrogen-bond donors (Lipinski definition) is 2. The van der Waals surface area contributed by atoms with E-state index in [0.717, 1.165) is 6.07 Å². The zero-order valence-corrected chi connectivity index (χ0v) is 8.64. The van der Waals surface area contributed by atoms with E-state index in [2.05, 4.69) is 4.98 Å². The predicted octanol–water partition coefficient (Wildman–Crippen LogP) is 2.33. The molecule has 6 heteroatoms. The van der Waals surface area contributed by atoms with Gasteiger partial charge in [-0.3, -0.25) is 4.79 Å². The van der Waals surface area contributed by atoms with E-state index in [1.165, 1.54) is 18.2 Å². The molecule has 0 bridgehead atoms. The molecule has 0 saturated heterocycles. The Morgan fingerprint density at radius 1 is 1.29 bits per heavy atom. The number of Topliss-reactive ketones (excluding diaryl/α,β-unsaturated/α-hetero) is 1. The van der Waals surface area contributed by atoms with Crippen LogP contribution in [0.25, 0.3) is 10.9 Å². The number of nitrogens with two attached hydrogens (primary N) is 1. The van der Waals surface area contributed by atoms with Gasteiger partial charge < -0.3 is 10.7 Å². The fraction of sp³-hybridized carbons (Fsp3) is 0.182. The lowest BCUT2D eigenvalue weighted by Crippen LogP contribution is -2.13. The summed E-state index contributed by atoms with van der Waals surface area (Å²) < 4.78 is 37.3. The zero-order valence-electron chi connectivity index (χ0n) is 8.64. The van der Waals surface area contributed by atoms with Gasteiger partial charge in [0.05, 0.1) is 6.54 Å². The SMILES string of the molecule is NCC(=O)c1ccc2[nH]c(C(F)(F)F)cc2c1. The highest BCUT2D eigenvalue weighted by atomic mass is 19.4. The summed E-state index contributed by atoms with van der Waals surface area (Å²) in [5.74, 6) is -0.304. The Balaban J connectivity index is 2.52. The van der Waals surface area contributed by atoms with Gasteiger partial charge in [0.2, 0.25) is 0 Å². The Bertz CT molecular complexity index is 572. The molecule has 2 rings (SSSR count). The number of alkyl halides is 3. The second-order valence-electron chi connectivity index (χ2n) is 3.61. The molecule has 0 unspecified atom stereocenters. The van der Waals surface area contributed by atoms with Crippen molar-refractivity contribution in [3.05, 3.63) is 35.5 Å². The van der Waals surface area contributed by atoms with Gasteiger partial charge in [0.15, 0.2) is 5.78 Å². The van der Waals surface area contributed by atoms with Crippen molar-refractivity contribution in [2.24, 2.45) is 5.73 Å². The minimum Gasteiger partial charge on any atom is -0.351 e. The van der Waals surface area contributed by atoms with Gasteiger partial charge >= 0.3 is 6.18 Å². The van der Waals surface area contributed by atoms with E-state index < -0.39 is 11.9 Å². The summed E-state index contributed by atoms with van der Waals surface area (Å²) >= 11 is 0. The van der Waals surface area contributed by atoms with E-state index in [1.54, 1.807) is 0 Å². The van der Waals surface area contributed by atoms with Crippen LogP contribution in [0.5, 0.6) is 0 Å². The number of aromatic nitrogens is 1. The van der Waals surface area contributed by atoms with Crippen molar-refractivity contribution in [1.29, 1.82) is 0 Å². The van der Waals surface area contributed by atoms with E-state index in [0.29, 0.717) is 16.5 Å². The minimum absolute atomic E-state index is 0.165. The molecule has 90 valence electrons. The van der Waals surface area contributed by atoms with Gasteiger partial charge in [0.25, 0.3) is 0 Å². The summed E-state index contributed by atoms with van der Waals surface area (Å²) in [5.41, 5.74) is 5.01. The molecule has 3 N–H and O–H groups in total. The average Bonchev–Trinajstić information content (AvgIpc) is 2.70. The average molecular weight is 242 g/mol. The monoisotopic (exact) mass is 242 g/mol. The first-order valence-electron chi connectivity index (χ1n) is 4.85. The predicted molar refractivity (Wildman–Crippen MR) is 56.7 cm³/mol. The second-order valence-corrected chi connectivity index (χ2v) is 3.61. The summed E-state index contributed by atoms with van der Waals surface area (Å²) in [6.07, 6.45) is -4.42. The number of carbonyl (C=O) groups is 1. The van der Waals surface area contributed by atoms with Crippen LogP contribution in [0.15, 0.2) is 24.3 Å². The van der Waals surface area contributed by atoms with Crippen molar-refractivity contribution in [3.63, 3.8) is 0 Å². The summed E-state index contributed by atoms with van der Waals surface area (Å²) in [7, 11) is 0. The van der Waals surface area contributed by atoms with Crippen molar-refractivity contribution in [3.8, 4) is 0 Å². The Labute approximate surface area is 94.4 Å². The number of hydrogen-bond acceptors (Lipinski definition) is 2. The number of aromatic amines is 1. The lowest BCUT2D eigenvalue weighted by atomic mass is 10.1. The minimum atomic E-state index is -4.42. The number of halogens is 3. The first-order chi connectivity index (χ1) is 7.91. The fourth-order valence-electron chi connectivity index (χ4n) is 1.58. The second kappa shape index (κ2) is 3.89. The molecule has 1 aromatic heterocycles. The summed E-state index contributed by atoms with van der Waals surface area (Å²) in [6.45, 7) is -0.165. The van der Waals surface area contributed by atoms with Gasteiger partial charge in [-0.15, -0.1) is 0 Å². The Kier molecular flexibility index (Phi) is 2.66. The van der Waals surface area contributed by atoms with Crippen LogP contribution in [0, 0.1) is 0 Å². The van der Waals surface area contributed by atoms with Crippen molar-refractivity contribution in [2.75, 3.05) is 6.54 Å². The normalized spacial score (nSPS) is 12.0. The number of ketones is 1. The highest BCUT2D eigenvalue weighted by Gasteiger charge is 2.32. The van der Waals surface area contributed by atoms with Crippen LogP contribution in [0.2, 0.25) is 0 Å². The smallest absolute Gasteiger partial charge is 0.351 e. The van der Waals surface area contributed by atoms with Crippen LogP contribution >= 0.6 is 0 Å². The van der Waals surface area contributed by atoms with Crippen LogP contribution < -0.4 is 5.73 Å². The molecule has 0 aliphatic heterocycles. The summed E-state index contributed by atoms with van der Waals surface area (Å²) in [6, 6.07) is 5.26. The molecule has 1 aromatic carbocycles. The number of H-pyrrole nitrogens is 1. The molecule has 17 heavy (non-hydrogen) atoms. The molecule has 0 radical (unpaired) electrons. The number of carbonyl (C=O) groups excluding carboxylic acids is 1. The third-order valence-corrected chi connectivity index (χ3v) is 2.43. The van der Waals surface area contributed by atoms with Crippen molar-refractivity contribution >= 4 is 16.7 Å². The number of nitrogens with one attached hydrogen (secondary N) is 1. The van der Waals surface area contributed by atoms with Crippen molar-refractivity contribution in [2.45, 2.75) is 6.18 Å². The lowest BCUT2D eigenvalue weighted by molar-refractivity contribution is -0.140. The molecular weight excluding hydrogens is 233 g/mol. The summed E-state index contributed by atoms with van der Waals surface area (Å²) in [4.78, 5) is 13.6. The topological polar surface area (TPSA) is 58.9 Å². The third kappa shape index (κ3) is 2.16. The van der Waals surface area contributed by atoms with Gasteiger partial charge in [-0.05, 0) is 24.3 Å². The Hall–Kier alpha value is -1.82. The lowest BCUT2D eigenvalue weighted by Gasteiger charge is -2.00. The maximum Gasteiger partial charge on any atom is 0.431 e. The fourth-order valence-corrected chi connectivity index (χ4v) is 1.58. The van der Waals surface area contributed by atoms with Gasteiger partial charge in [-0.1, -0.05) is 0 Å². The van der Waals surface area contributed by atoms with Crippen LogP contribution in [0.4, 0.5) is 13.2 Å². The largest absolute Gasteiger partial charge is 0.431 e. The molecule has 0 atom stereocenters. The highest BCUT2D eigenvalue weighted by molar-refractivity contribution is 6.00. The quantitative estimate of drug-likeness (QED) is 0.794. The molecule has 1 heterocycles. The first-order valence-corrected chi connectivity index (χ1v) is 4.85. The van der Waals surface area contributed by atoms with E-state index >= 15 is 0 Å². The van der Waals surface area contributed by atoms with Gasteiger partial charge in [-0.2, -0.15) is 13.2 Å². The molecule has 0 aliphatic carbocycles. The van der Waals surface area contributed by atoms with Crippen molar-refractivity contribution < 1.29 is 18.0 Å². The molecule has 0 fully saturated rings. The Morgan fingerprint density at radius 3 is 2.59 bits per heavy atom. The zero-order chi connectivity index (χ0) is 12.6. The molecule has 3 nitrogen and oxygen atoms in total. The van der Waals surface area contributed by atoms with Crippen LogP contribution in [-0.4, -0.2) is 17.3 Å². The van der Waals surface area contributed by atoms with E-state index in [9.17, 15) is 18.0 Å². The van der Waals surface area contributed by atoms with Crippen LogP contribution in [0.1, 0.15) is 16.1 Å². The van der Waals surface area contributed by atoms with Crippen molar-refractivity contribution in [1.82, 2.24) is 4.98 Å². The highest BCUT2D eigenvalue weighted by Crippen LogP contribution is 2.31. The maximum atomic E-state index is 12.4. The molecule has 2 aromatic rings. The molecular formula is C11H9F3N2O. The van der Waals surface area contributed by atoms with Crippen LogP contribution in [0.3, 0.4) is 0 Å². The summed E-state index contributed by atoms with van der Waals surface area (Å²) in [5, 5.41) is 0.344. The molecule has 0 aliphatic rings. The van der Waals surface area contributed by atoms with Gasteiger partial charge in [0, 0.05) is 16.5 Å². The standard InChI is InChI=1S/C11H9F3N2O/c12-11(13,14)10-4-7-3-6(9(17)5-15)1-2-8(7)16-10/h1-4,16H,5,15H2. The number of fused-ring (bicyclic) bond motifs is 1. The van der Waals surface area contributed by atoms with Gasteiger partial charge in [-0.25, -0.2) is 0 Å². The number of rotatable bonds is 2. The molecule has 0 saturated carbocycles. The molecule has 0 spiro atoms. The van der Waals surface area contributed by atoms with E-state index in [1.807, 2.05) is 0 Å². The Morgan fingerprint density at radius 2 is 2.00 bits per heavy atom. The first kappa shape index (κ1) is 11.7. The van der Waals surface area contributed by atoms with Crippen LogP contribution in [-0.2, 0) is 6.18 Å². The van der Waals surface area contributed by atoms with Gasteiger partial charge in [0.1, 0.15) is 5.69 Å². The third-order valence-electron chi connectivity index (χ3n) is 2.43. The molecule has 0 amide bonds. The van der Waals surface area contributed by atoms with E-state index in [4.69, 9.17) is 5.73 Å². The van der Waals surface area contributed by atoms with E-state index in [-0.39, 0.29) is 12.3 Å². The maximum absolute atomic E-state index is 12.4. The number of benzene rings is 1.